The highest BCUT2D eigenvalue weighted by molar-refractivity contribution is 5.88. The van der Waals surface area contributed by atoms with E-state index in [4.69, 9.17) is 9.84 Å². The van der Waals surface area contributed by atoms with Crippen LogP contribution in [0.2, 0.25) is 0 Å². The van der Waals surface area contributed by atoms with E-state index in [1.165, 1.54) is 12.1 Å². The minimum absolute atomic E-state index is 0.272. The van der Waals surface area contributed by atoms with E-state index in [1.54, 1.807) is 6.08 Å². The number of rotatable bonds is 6. The van der Waals surface area contributed by atoms with Crippen molar-refractivity contribution in [1.29, 1.82) is 0 Å². The molecule has 4 heteroatoms. The maximum atomic E-state index is 13.0. The molecule has 86 valence electrons. The molecule has 1 aromatic carbocycles. The number of aromatic carboxylic acids is 1. The summed E-state index contributed by atoms with van der Waals surface area (Å²) in [4.78, 5) is 10.7. The highest BCUT2D eigenvalue weighted by Crippen LogP contribution is 2.11. The van der Waals surface area contributed by atoms with Gasteiger partial charge in [-0.05, 0) is 24.1 Å². The van der Waals surface area contributed by atoms with Crippen LogP contribution in [0.15, 0.2) is 30.9 Å². The molecule has 16 heavy (non-hydrogen) atoms. The highest BCUT2D eigenvalue weighted by Gasteiger charge is 2.10. The zero-order chi connectivity index (χ0) is 12.0. The molecule has 0 unspecified atom stereocenters. The second-order valence-corrected chi connectivity index (χ2v) is 3.25. The van der Waals surface area contributed by atoms with Crippen molar-refractivity contribution in [2.24, 2.45) is 0 Å². The Kier molecular flexibility index (Phi) is 4.66. The smallest absolute Gasteiger partial charge is 0.338 e. The molecule has 0 radical (unpaired) electrons. The van der Waals surface area contributed by atoms with Crippen molar-refractivity contribution in [2.45, 2.75) is 13.0 Å². The van der Waals surface area contributed by atoms with Gasteiger partial charge in [-0.1, -0.05) is 12.1 Å². The summed E-state index contributed by atoms with van der Waals surface area (Å²) in [5.74, 6) is -2.01. The van der Waals surface area contributed by atoms with E-state index in [0.29, 0.717) is 12.2 Å². The zero-order valence-corrected chi connectivity index (χ0v) is 8.78. The zero-order valence-electron chi connectivity index (χ0n) is 8.78. The largest absolute Gasteiger partial charge is 0.478 e. The number of benzene rings is 1. The number of carbonyl (C=O) groups is 1. The summed E-state index contributed by atoms with van der Waals surface area (Å²) in [7, 11) is 0. The summed E-state index contributed by atoms with van der Waals surface area (Å²) >= 11 is 0. The molecule has 1 rings (SSSR count). The monoisotopic (exact) mass is 224 g/mol. The summed E-state index contributed by atoms with van der Waals surface area (Å²) in [6.07, 6.45) is 2.46. The molecule has 0 amide bonds. The Morgan fingerprint density at radius 1 is 1.56 bits per heavy atom. The lowest BCUT2D eigenvalue weighted by molar-refractivity contribution is 0.0691. The van der Waals surface area contributed by atoms with E-state index >= 15 is 0 Å². The summed E-state index contributed by atoms with van der Waals surface area (Å²) in [5, 5.41) is 8.71. The third-order valence-corrected chi connectivity index (χ3v) is 2.00. The topological polar surface area (TPSA) is 46.5 Å². The fourth-order valence-corrected chi connectivity index (χ4v) is 1.18. The molecule has 0 aliphatic carbocycles. The first-order valence-electron chi connectivity index (χ1n) is 4.85. The van der Waals surface area contributed by atoms with Gasteiger partial charge in [0.2, 0.25) is 0 Å². The normalized spacial score (nSPS) is 10.1. The molecule has 0 fully saturated rings. The lowest BCUT2D eigenvalue weighted by Gasteiger charge is -2.04. The molecule has 0 bridgehead atoms. The molecule has 0 saturated heterocycles. The van der Waals surface area contributed by atoms with Crippen LogP contribution in [-0.2, 0) is 11.3 Å². The SMILES string of the molecule is C=CCCOCc1ccc(F)c(C(=O)O)c1. The third kappa shape index (κ3) is 3.47. The number of ether oxygens (including phenoxy) is 1. The Hall–Kier alpha value is -1.68. The van der Waals surface area contributed by atoms with Crippen molar-refractivity contribution in [3.05, 3.63) is 47.8 Å². The van der Waals surface area contributed by atoms with Gasteiger partial charge in [-0.3, -0.25) is 0 Å². The van der Waals surface area contributed by atoms with Gasteiger partial charge in [0, 0.05) is 0 Å². The maximum absolute atomic E-state index is 13.0. The molecule has 0 atom stereocenters. The van der Waals surface area contributed by atoms with Crippen LogP contribution < -0.4 is 0 Å². The van der Waals surface area contributed by atoms with Gasteiger partial charge in [0.1, 0.15) is 5.82 Å². The molecule has 0 spiro atoms. The number of hydrogen-bond donors (Lipinski definition) is 1. The average molecular weight is 224 g/mol. The van der Waals surface area contributed by atoms with Crippen LogP contribution in [0, 0.1) is 5.82 Å². The quantitative estimate of drug-likeness (QED) is 0.596. The van der Waals surface area contributed by atoms with Gasteiger partial charge >= 0.3 is 5.97 Å². The Morgan fingerprint density at radius 3 is 2.94 bits per heavy atom. The molecule has 1 aromatic rings. The summed E-state index contributed by atoms with van der Waals surface area (Å²) in [6, 6.07) is 3.93. The van der Waals surface area contributed by atoms with Gasteiger partial charge in [0.25, 0.3) is 0 Å². The van der Waals surface area contributed by atoms with Crippen LogP contribution in [0.5, 0.6) is 0 Å². The van der Waals surface area contributed by atoms with Crippen molar-refractivity contribution in [3.63, 3.8) is 0 Å². The first-order valence-corrected chi connectivity index (χ1v) is 4.85. The van der Waals surface area contributed by atoms with Crippen LogP contribution in [-0.4, -0.2) is 17.7 Å². The molecule has 0 heterocycles. The van der Waals surface area contributed by atoms with Crippen LogP contribution in [0.4, 0.5) is 4.39 Å². The van der Waals surface area contributed by atoms with E-state index in [1.807, 2.05) is 0 Å². The summed E-state index contributed by atoms with van der Waals surface area (Å²) in [5.41, 5.74) is 0.313. The molecular formula is C12H13FO3. The standard InChI is InChI=1S/C12H13FO3/c1-2-3-6-16-8-9-4-5-11(13)10(7-9)12(14)15/h2,4-5,7H,1,3,6,8H2,(H,14,15). The predicted molar refractivity (Wildman–Crippen MR) is 57.8 cm³/mol. The van der Waals surface area contributed by atoms with E-state index in [2.05, 4.69) is 6.58 Å². The van der Waals surface area contributed by atoms with Gasteiger partial charge in [-0.25, -0.2) is 9.18 Å². The molecule has 0 aromatic heterocycles. The molecule has 3 nitrogen and oxygen atoms in total. The summed E-state index contributed by atoms with van der Waals surface area (Å²) < 4.78 is 18.3. The van der Waals surface area contributed by atoms with Crippen LogP contribution in [0.1, 0.15) is 22.3 Å². The van der Waals surface area contributed by atoms with Gasteiger partial charge in [-0.15, -0.1) is 6.58 Å². The lowest BCUT2D eigenvalue weighted by atomic mass is 10.1. The Bertz CT molecular complexity index is 388. The van der Waals surface area contributed by atoms with Crippen molar-refractivity contribution >= 4 is 5.97 Å². The molecular weight excluding hydrogens is 211 g/mol. The first kappa shape index (κ1) is 12.4. The predicted octanol–water partition coefficient (Wildman–Crippen LogP) is 2.62. The molecule has 0 aliphatic rings. The molecule has 1 N–H and O–H groups in total. The van der Waals surface area contributed by atoms with Gasteiger partial charge in [0.05, 0.1) is 18.8 Å². The van der Waals surface area contributed by atoms with E-state index < -0.39 is 11.8 Å². The fraction of sp³-hybridized carbons (Fsp3) is 0.250. The van der Waals surface area contributed by atoms with Crippen molar-refractivity contribution < 1.29 is 19.0 Å². The average Bonchev–Trinajstić information content (AvgIpc) is 2.26. The van der Waals surface area contributed by atoms with Crippen LogP contribution >= 0.6 is 0 Å². The fourth-order valence-electron chi connectivity index (χ4n) is 1.18. The maximum Gasteiger partial charge on any atom is 0.338 e. The summed E-state index contributed by atoms with van der Waals surface area (Å²) in [6.45, 7) is 4.34. The Balaban J connectivity index is 2.64. The minimum Gasteiger partial charge on any atom is -0.478 e. The number of halogens is 1. The molecule has 0 aliphatic heterocycles. The van der Waals surface area contributed by atoms with Crippen LogP contribution in [0.25, 0.3) is 0 Å². The first-order chi connectivity index (χ1) is 7.65. The van der Waals surface area contributed by atoms with Crippen LogP contribution in [0.3, 0.4) is 0 Å². The second-order valence-electron chi connectivity index (χ2n) is 3.25. The number of hydrogen-bond acceptors (Lipinski definition) is 2. The highest BCUT2D eigenvalue weighted by atomic mass is 19.1. The van der Waals surface area contributed by atoms with Gasteiger partial charge in [-0.2, -0.15) is 0 Å². The second kappa shape index (κ2) is 6.02. The van der Waals surface area contributed by atoms with Crippen molar-refractivity contribution in [3.8, 4) is 0 Å². The third-order valence-electron chi connectivity index (χ3n) is 2.00. The number of carboxylic acids is 1. The van der Waals surface area contributed by atoms with E-state index in [0.717, 1.165) is 12.5 Å². The van der Waals surface area contributed by atoms with E-state index in [-0.39, 0.29) is 12.2 Å². The minimum atomic E-state index is -1.27. The van der Waals surface area contributed by atoms with Crippen molar-refractivity contribution in [1.82, 2.24) is 0 Å². The lowest BCUT2D eigenvalue weighted by Crippen LogP contribution is -2.03. The van der Waals surface area contributed by atoms with Gasteiger partial charge < -0.3 is 9.84 Å². The van der Waals surface area contributed by atoms with Gasteiger partial charge in [0.15, 0.2) is 0 Å². The Morgan fingerprint density at radius 2 is 2.31 bits per heavy atom. The molecule has 0 saturated carbocycles. The van der Waals surface area contributed by atoms with Crippen molar-refractivity contribution in [2.75, 3.05) is 6.61 Å². The Labute approximate surface area is 93.2 Å². The van der Waals surface area contributed by atoms with E-state index in [9.17, 15) is 9.18 Å². The number of carboxylic acid groups (broad SMARTS) is 1.